The maximum Gasteiger partial charge on any atom is 0.271 e. The molecule has 3 aromatic rings. The number of rotatable bonds is 6. The van der Waals surface area contributed by atoms with E-state index in [1.54, 1.807) is 19.9 Å². The van der Waals surface area contributed by atoms with Gasteiger partial charge in [-0.15, -0.1) is 5.10 Å². The zero-order valence-electron chi connectivity index (χ0n) is 15.8. The van der Waals surface area contributed by atoms with Crippen LogP contribution in [0.2, 0.25) is 0 Å². The fourth-order valence-corrected chi connectivity index (χ4v) is 2.66. The maximum absolute atomic E-state index is 12.2. The van der Waals surface area contributed by atoms with E-state index in [0.717, 1.165) is 6.07 Å². The van der Waals surface area contributed by atoms with Gasteiger partial charge in [-0.1, -0.05) is 17.3 Å². The lowest BCUT2D eigenvalue weighted by Gasteiger charge is -2.04. The van der Waals surface area contributed by atoms with E-state index >= 15 is 0 Å². The molecule has 0 radical (unpaired) electrons. The van der Waals surface area contributed by atoms with E-state index in [2.05, 4.69) is 20.8 Å². The molecule has 12 heteroatoms. The number of non-ortho nitro benzene ring substituents is 2. The predicted octanol–water partition coefficient (Wildman–Crippen LogP) is 2.55. The van der Waals surface area contributed by atoms with Crippen molar-refractivity contribution in [2.24, 2.45) is 5.10 Å². The van der Waals surface area contributed by atoms with Crippen molar-refractivity contribution < 1.29 is 14.6 Å². The summed E-state index contributed by atoms with van der Waals surface area (Å²) in [5, 5.41) is 33.8. The summed E-state index contributed by atoms with van der Waals surface area (Å²) in [6, 6.07) is 11.2. The summed E-state index contributed by atoms with van der Waals surface area (Å²) in [6.07, 6.45) is 0. The Kier molecular flexibility index (Phi) is 5.58. The van der Waals surface area contributed by atoms with E-state index in [9.17, 15) is 25.0 Å². The fourth-order valence-electron chi connectivity index (χ4n) is 2.66. The third-order valence-corrected chi connectivity index (χ3v) is 4.17. The summed E-state index contributed by atoms with van der Waals surface area (Å²) in [5.74, 6) is -0.623. The van der Waals surface area contributed by atoms with Crippen LogP contribution in [-0.4, -0.2) is 36.5 Å². The molecule has 0 unspecified atom stereocenters. The number of hydrazone groups is 1. The topological polar surface area (TPSA) is 158 Å². The molecule has 3 rings (SSSR count). The van der Waals surface area contributed by atoms with Crippen LogP contribution < -0.4 is 5.43 Å². The van der Waals surface area contributed by atoms with Crippen molar-refractivity contribution in [2.45, 2.75) is 13.8 Å². The van der Waals surface area contributed by atoms with Gasteiger partial charge in [-0.25, -0.2) is 10.1 Å². The van der Waals surface area contributed by atoms with Crippen LogP contribution in [0.15, 0.2) is 53.6 Å². The van der Waals surface area contributed by atoms with Crippen LogP contribution in [0.3, 0.4) is 0 Å². The largest absolute Gasteiger partial charge is 0.271 e. The molecule has 1 amide bonds. The van der Waals surface area contributed by atoms with Crippen molar-refractivity contribution in [1.29, 1.82) is 0 Å². The van der Waals surface area contributed by atoms with Crippen molar-refractivity contribution >= 4 is 23.0 Å². The number of benzene rings is 2. The van der Waals surface area contributed by atoms with Gasteiger partial charge in [0.05, 0.1) is 26.9 Å². The predicted molar refractivity (Wildman–Crippen MR) is 106 cm³/mol. The van der Waals surface area contributed by atoms with Crippen molar-refractivity contribution in [3.05, 3.63) is 85.7 Å². The molecule has 30 heavy (non-hydrogen) atoms. The van der Waals surface area contributed by atoms with Crippen LogP contribution in [0.5, 0.6) is 0 Å². The van der Waals surface area contributed by atoms with Gasteiger partial charge in [-0.05, 0) is 26.0 Å². The summed E-state index contributed by atoms with van der Waals surface area (Å²) >= 11 is 0. The molecule has 0 atom stereocenters. The lowest BCUT2D eigenvalue weighted by Crippen LogP contribution is -2.19. The first-order valence-electron chi connectivity index (χ1n) is 8.54. The lowest BCUT2D eigenvalue weighted by atomic mass is 10.2. The molecule has 0 saturated heterocycles. The number of nitro benzene ring substituents is 2. The Morgan fingerprint density at radius 2 is 1.70 bits per heavy atom. The number of nitrogens with zero attached hydrogens (tertiary/aromatic N) is 6. The minimum absolute atomic E-state index is 0.0812. The molecule has 1 heterocycles. The maximum atomic E-state index is 12.2. The number of amides is 1. The highest BCUT2D eigenvalue weighted by atomic mass is 16.6. The van der Waals surface area contributed by atoms with E-state index in [4.69, 9.17) is 0 Å². The van der Waals surface area contributed by atoms with Crippen LogP contribution in [0.4, 0.5) is 11.4 Å². The number of aromatic nitrogens is 3. The Labute approximate surface area is 169 Å². The minimum Gasteiger partial charge on any atom is -0.267 e. The van der Waals surface area contributed by atoms with Gasteiger partial charge >= 0.3 is 0 Å². The van der Waals surface area contributed by atoms with E-state index in [0.29, 0.717) is 22.8 Å². The van der Waals surface area contributed by atoms with Gasteiger partial charge in [0.2, 0.25) is 0 Å². The summed E-state index contributed by atoms with van der Waals surface area (Å²) in [4.78, 5) is 32.9. The second-order valence-corrected chi connectivity index (χ2v) is 6.16. The second kappa shape index (κ2) is 8.26. The Morgan fingerprint density at radius 1 is 1.07 bits per heavy atom. The summed E-state index contributed by atoms with van der Waals surface area (Å²) in [5.41, 5.74) is 3.83. The van der Waals surface area contributed by atoms with E-state index in [-0.39, 0.29) is 16.9 Å². The second-order valence-electron chi connectivity index (χ2n) is 6.16. The first kappa shape index (κ1) is 20.3. The Balaban J connectivity index is 1.81. The van der Waals surface area contributed by atoms with Crippen LogP contribution >= 0.6 is 0 Å². The molecular formula is C18H15N7O5. The van der Waals surface area contributed by atoms with Crippen LogP contribution in [0.25, 0.3) is 5.69 Å². The van der Waals surface area contributed by atoms with E-state index in [1.807, 2.05) is 0 Å². The molecule has 0 fully saturated rings. The van der Waals surface area contributed by atoms with Crippen molar-refractivity contribution in [1.82, 2.24) is 20.4 Å². The number of hydrogen-bond donors (Lipinski definition) is 1. The van der Waals surface area contributed by atoms with Crippen LogP contribution in [0, 0.1) is 27.2 Å². The van der Waals surface area contributed by atoms with Gasteiger partial charge in [0.15, 0.2) is 0 Å². The molecule has 152 valence electrons. The molecule has 0 aliphatic rings. The van der Waals surface area contributed by atoms with Gasteiger partial charge in [-0.3, -0.25) is 25.0 Å². The monoisotopic (exact) mass is 409 g/mol. The quantitative estimate of drug-likeness (QED) is 0.372. The zero-order chi connectivity index (χ0) is 21.8. The van der Waals surface area contributed by atoms with Gasteiger partial charge in [-0.2, -0.15) is 5.10 Å². The number of carbonyl (C=O) groups excluding carboxylic acids is 1. The average Bonchev–Trinajstić information content (AvgIpc) is 3.13. The minimum atomic E-state index is -0.623. The third-order valence-electron chi connectivity index (χ3n) is 4.17. The summed E-state index contributed by atoms with van der Waals surface area (Å²) in [7, 11) is 0. The van der Waals surface area contributed by atoms with E-state index < -0.39 is 15.8 Å². The SMILES string of the molecule is C/C(=N\NC(=O)c1cccc([N+](=O)[O-])c1)c1nnn(-c2cccc([N+](=O)[O-])c2)c1C. The summed E-state index contributed by atoms with van der Waals surface area (Å²) < 4.78 is 1.42. The van der Waals surface area contributed by atoms with Crippen LogP contribution in [-0.2, 0) is 0 Å². The Bertz CT molecular complexity index is 1190. The van der Waals surface area contributed by atoms with Gasteiger partial charge in [0.1, 0.15) is 5.69 Å². The smallest absolute Gasteiger partial charge is 0.267 e. The third kappa shape index (κ3) is 4.16. The number of carbonyl (C=O) groups is 1. The Hall–Kier alpha value is -4.48. The first-order valence-corrected chi connectivity index (χ1v) is 8.54. The van der Waals surface area contributed by atoms with Gasteiger partial charge in [0, 0.05) is 29.8 Å². The number of hydrogen-bond acceptors (Lipinski definition) is 8. The van der Waals surface area contributed by atoms with Gasteiger partial charge < -0.3 is 0 Å². The molecule has 0 saturated carbocycles. The normalized spacial score (nSPS) is 11.2. The molecule has 0 aliphatic carbocycles. The molecule has 0 bridgehead atoms. The number of nitrogens with one attached hydrogen (secondary N) is 1. The zero-order valence-corrected chi connectivity index (χ0v) is 15.8. The highest BCUT2D eigenvalue weighted by Crippen LogP contribution is 2.18. The molecule has 1 N–H and O–H groups in total. The van der Waals surface area contributed by atoms with Crippen LogP contribution in [0.1, 0.15) is 28.7 Å². The molecule has 12 nitrogen and oxygen atoms in total. The molecule has 0 spiro atoms. The van der Waals surface area contributed by atoms with Crippen molar-refractivity contribution in [3.8, 4) is 5.69 Å². The molecule has 0 aliphatic heterocycles. The average molecular weight is 409 g/mol. The molecule has 1 aromatic heterocycles. The first-order chi connectivity index (χ1) is 14.3. The van der Waals surface area contributed by atoms with Crippen molar-refractivity contribution in [3.63, 3.8) is 0 Å². The molecule has 2 aromatic carbocycles. The Morgan fingerprint density at radius 3 is 2.37 bits per heavy atom. The number of nitro groups is 2. The lowest BCUT2D eigenvalue weighted by molar-refractivity contribution is -0.385. The van der Waals surface area contributed by atoms with Crippen molar-refractivity contribution in [2.75, 3.05) is 0 Å². The van der Waals surface area contributed by atoms with Gasteiger partial charge in [0.25, 0.3) is 17.3 Å². The highest BCUT2D eigenvalue weighted by molar-refractivity contribution is 6.00. The van der Waals surface area contributed by atoms with E-state index in [1.165, 1.54) is 41.1 Å². The standard InChI is InChI=1S/C18H15N7O5/c1-11(19-21-18(26)13-5-3-7-15(9-13)24(27)28)17-12(2)23(22-20-17)14-6-4-8-16(10-14)25(29)30/h3-10H,1-2H3,(H,21,26)/b19-11+. The molecular weight excluding hydrogens is 394 g/mol. The highest BCUT2D eigenvalue weighted by Gasteiger charge is 2.16. The fraction of sp³-hybridized carbons (Fsp3) is 0.111. The summed E-state index contributed by atoms with van der Waals surface area (Å²) in [6.45, 7) is 3.30.